The van der Waals surface area contributed by atoms with Gasteiger partial charge in [0.05, 0.1) is 11.0 Å². The molecule has 4 aromatic carbocycles. The van der Waals surface area contributed by atoms with E-state index in [1.165, 1.54) is 32.6 Å². The normalized spacial score (nSPS) is 11.5. The van der Waals surface area contributed by atoms with Gasteiger partial charge in [-0.1, -0.05) is 66.2 Å². The molecule has 0 N–H and O–H groups in total. The van der Waals surface area contributed by atoms with Crippen molar-refractivity contribution in [2.24, 2.45) is 0 Å². The zero-order chi connectivity index (χ0) is 16.1. The molecule has 0 radical (unpaired) electrons. The highest BCUT2D eigenvalue weighted by atomic mass is 35.5. The van der Waals surface area contributed by atoms with Gasteiger partial charge >= 0.3 is 0 Å². The van der Waals surface area contributed by atoms with E-state index in [0.29, 0.717) is 0 Å². The Morgan fingerprint density at radius 3 is 2.29 bits per heavy atom. The summed E-state index contributed by atoms with van der Waals surface area (Å²) in [4.78, 5) is 0. The summed E-state index contributed by atoms with van der Waals surface area (Å²) in [7, 11) is 0. The fourth-order valence-electron chi connectivity index (χ4n) is 3.63. The van der Waals surface area contributed by atoms with E-state index in [9.17, 15) is 0 Å². The molecule has 5 rings (SSSR count). The van der Waals surface area contributed by atoms with Crippen LogP contribution in [-0.4, -0.2) is 4.57 Å². The van der Waals surface area contributed by atoms with Gasteiger partial charge in [0.15, 0.2) is 0 Å². The lowest BCUT2D eigenvalue weighted by atomic mass is 10.0. The van der Waals surface area contributed by atoms with Crippen molar-refractivity contribution in [3.05, 3.63) is 90.0 Å². The van der Waals surface area contributed by atoms with Crippen molar-refractivity contribution in [1.82, 2.24) is 4.57 Å². The van der Waals surface area contributed by atoms with Crippen LogP contribution < -0.4 is 0 Å². The van der Waals surface area contributed by atoms with Crippen LogP contribution in [0.3, 0.4) is 0 Å². The molecule has 5 aromatic rings. The number of para-hydroxylation sites is 1. The minimum absolute atomic E-state index is 0.749. The molecule has 1 aromatic heterocycles. The van der Waals surface area contributed by atoms with Gasteiger partial charge in [-0.15, -0.1) is 0 Å². The first-order valence-electron chi connectivity index (χ1n) is 8.00. The number of aromatic nitrogens is 1. The van der Waals surface area contributed by atoms with E-state index in [2.05, 4.69) is 71.3 Å². The first-order chi connectivity index (χ1) is 11.8. The fourth-order valence-corrected chi connectivity index (χ4v) is 3.82. The number of hydrogen-bond acceptors (Lipinski definition) is 0. The standard InChI is InChI=1S/C22H14ClN/c23-16-7-5-8-17(14-16)24-20-11-4-3-10-19(20)22-18-9-2-1-6-15(18)12-13-21(22)24/h1-14H. The molecule has 0 bridgehead atoms. The largest absolute Gasteiger partial charge is 0.309 e. The number of benzene rings is 4. The lowest BCUT2D eigenvalue weighted by Crippen LogP contribution is -1.93. The SMILES string of the molecule is Clc1cccc(-n2c3ccccc3c3c4ccccc4ccc32)c1. The Hall–Kier alpha value is -2.77. The molecule has 0 spiro atoms. The van der Waals surface area contributed by atoms with Crippen LogP contribution in [0.5, 0.6) is 0 Å². The maximum Gasteiger partial charge on any atom is 0.0547 e. The molecule has 114 valence electrons. The van der Waals surface area contributed by atoms with E-state index in [-0.39, 0.29) is 0 Å². The first kappa shape index (κ1) is 13.6. The predicted octanol–water partition coefficient (Wildman–Crippen LogP) is 6.59. The number of rotatable bonds is 1. The third-order valence-corrected chi connectivity index (χ3v) is 4.86. The van der Waals surface area contributed by atoms with Crippen molar-refractivity contribution in [2.75, 3.05) is 0 Å². The molecule has 24 heavy (non-hydrogen) atoms. The van der Waals surface area contributed by atoms with Crippen molar-refractivity contribution in [1.29, 1.82) is 0 Å². The quantitative estimate of drug-likeness (QED) is 0.327. The van der Waals surface area contributed by atoms with Crippen LogP contribution >= 0.6 is 11.6 Å². The molecule has 1 heterocycles. The van der Waals surface area contributed by atoms with E-state index < -0.39 is 0 Å². The third-order valence-electron chi connectivity index (χ3n) is 4.63. The van der Waals surface area contributed by atoms with Crippen LogP contribution in [0.4, 0.5) is 0 Å². The maximum absolute atomic E-state index is 6.25. The smallest absolute Gasteiger partial charge is 0.0547 e. The molecule has 0 aliphatic rings. The highest BCUT2D eigenvalue weighted by Crippen LogP contribution is 2.36. The lowest BCUT2D eigenvalue weighted by Gasteiger charge is -2.08. The molecule has 0 fully saturated rings. The second-order valence-corrected chi connectivity index (χ2v) is 6.45. The number of hydrogen-bond donors (Lipinski definition) is 0. The Morgan fingerprint density at radius 1 is 0.625 bits per heavy atom. The zero-order valence-corrected chi connectivity index (χ0v) is 13.7. The van der Waals surface area contributed by atoms with Gasteiger partial charge in [-0.05, 0) is 41.1 Å². The second kappa shape index (κ2) is 5.12. The number of fused-ring (bicyclic) bond motifs is 5. The summed E-state index contributed by atoms with van der Waals surface area (Å²) < 4.78 is 2.29. The number of nitrogens with zero attached hydrogens (tertiary/aromatic N) is 1. The van der Waals surface area contributed by atoms with E-state index >= 15 is 0 Å². The maximum atomic E-state index is 6.25. The topological polar surface area (TPSA) is 4.93 Å². The Labute approximate surface area is 144 Å². The summed E-state index contributed by atoms with van der Waals surface area (Å²) in [6.07, 6.45) is 0. The predicted molar refractivity (Wildman–Crippen MR) is 103 cm³/mol. The molecule has 2 heteroatoms. The van der Waals surface area contributed by atoms with Crippen LogP contribution in [0.25, 0.3) is 38.3 Å². The van der Waals surface area contributed by atoms with E-state index in [1.807, 2.05) is 18.2 Å². The average Bonchev–Trinajstić information content (AvgIpc) is 2.96. The van der Waals surface area contributed by atoms with Crippen LogP contribution in [0, 0.1) is 0 Å². The molecule has 0 amide bonds. The molecule has 0 aliphatic carbocycles. The Bertz CT molecular complexity index is 1220. The first-order valence-corrected chi connectivity index (χ1v) is 8.37. The molecular weight excluding hydrogens is 314 g/mol. The van der Waals surface area contributed by atoms with E-state index in [4.69, 9.17) is 11.6 Å². The van der Waals surface area contributed by atoms with Crippen molar-refractivity contribution >= 4 is 44.2 Å². The van der Waals surface area contributed by atoms with Gasteiger partial charge in [-0.3, -0.25) is 0 Å². The lowest BCUT2D eigenvalue weighted by molar-refractivity contribution is 1.18. The molecule has 0 saturated carbocycles. The highest BCUT2D eigenvalue weighted by Gasteiger charge is 2.14. The number of halogens is 1. The summed E-state index contributed by atoms with van der Waals surface area (Å²) in [5.74, 6) is 0. The average molecular weight is 328 g/mol. The van der Waals surface area contributed by atoms with Gasteiger partial charge in [-0.2, -0.15) is 0 Å². The Morgan fingerprint density at radius 2 is 1.42 bits per heavy atom. The monoisotopic (exact) mass is 327 g/mol. The minimum Gasteiger partial charge on any atom is -0.309 e. The molecule has 1 nitrogen and oxygen atoms in total. The van der Waals surface area contributed by atoms with Gasteiger partial charge in [-0.25, -0.2) is 0 Å². The van der Waals surface area contributed by atoms with Gasteiger partial charge in [0.25, 0.3) is 0 Å². The second-order valence-electron chi connectivity index (χ2n) is 6.01. The van der Waals surface area contributed by atoms with Gasteiger partial charge in [0.1, 0.15) is 0 Å². The van der Waals surface area contributed by atoms with E-state index in [1.54, 1.807) is 0 Å². The van der Waals surface area contributed by atoms with Crippen molar-refractivity contribution in [3.8, 4) is 5.69 Å². The molecule has 0 atom stereocenters. The highest BCUT2D eigenvalue weighted by molar-refractivity contribution is 6.30. The molecule has 0 unspecified atom stereocenters. The van der Waals surface area contributed by atoms with Crippen LogP contribution in [0.2, 0.25) is 5.02 Å². The molecule has 0 aliphatic heterocycles. The Kier molecular flexibility index (Phi) is 2.91. The summed E-state index contributed by atoms with van der Waals surface area (Å²) in [5.41, 5.74) is 3.49. The Balaban J connectivity index is 2.04. The summed E-state index contributed by atoms with van der Waals surface area (Å²) in [5, 5.41) is 5.86. The minimum atomic E-state index is 0.749. The third kappa shape index (κ3) is 1.88. The summed E-state index contributed by atoms with van der Waals surface area (Å²) in [6.45, 7) is 0. The van der Waals surface area contributed by atoms with Crippen molar-refractivity contribution < 1.29 is 0 Å². The molecular formula is C22H14ClN. The molecule has 0 saturated heterocycles. The van der Waals surface area contributed by atoms with E-state index in [0.717, 1.165) is 10.7 Å². The van der Waals surface area contributed by atoms with Crippen LogP contribution in [-0.2, 0) is 0 Å². The summed E-state index contributed by atoms with van der Waals surface area (Å²) >= 11 is 6.25. The van der Waals surface area contributed by atoms with Gasteiger partial charge in [0.2, 0.25) is 0 Å². The van der Waals surface area contributed by atoms with Crippen LogP contribution in [0.1, 0.15) is 0 Å². The summed E-state index contributed by atoms with van der Waals surface area (Å²) in [6, 6.07) is 29.6. The fraction of sp³-hybridized carbons (Fsp3) is 0. The van der Waals surface area contributed by atoms with Crippen LogP contribution in [0.15, 0.2) is 84.9 Å². The van der Waals surface area contributed by atoms with Gasteiger partial charge in [0, 0.05) is 21.5 Å². The van der Waals surface area contributed by atoms with Crippen molar-refractivity contribution in [3.63, 3.8) is 0 Å². The van der Waals surface area contributed by atoms with Crippen molar-refractivity contribution in [2.45, 2.75) is 0 Å². The van der Waals surface area contributed by atoms with Gasteiger partial charge < -0.3 is 4.57 Å². The zero-order valence-electron chi connectivity index (χ0n) is 12.9.